The van der Waals surface area contributed by atoms with E-state index in [0.717, 1.165) is 17.7 Å². The molecule has 2 N–H and O–H groups in total. The molecule has 1 aromatic rings. The van der Waals surface area contributed by atoms with Gasteiger partial charge in [0.15, 0.2) is 0 Å². The lowest BCUT2D eigenvalue weighted by molar-refractivity contribution is -0.147. The van der Waals surface area contributed by atoms with Crippen molar-refractivity contribution in [2.24, 2.45) is 11.8 Å². The highest BCUT2D eigenvalue weighted by Crippen LogP contribution is 2.36. The summed E-state index contributed by atoms with van der Waals surface area (Å²) in [6, 6.07) is 1.75. The summed E-state index contributed by atoms with van der Waals surface area (Å²) in [5.74, 6) is -2.74. The molecule has 1 amide bonds. The fraction of sp³-hybridized carbons (Fsp3) is 0.611. The van der Waals surface area contributed by atoms with E-state index in [9.17, 15) is 19.5 Å². The third-order valence-electron chi connectivity index (χ3n) is 4.47. The molecule has 2 rings (SSSR count). The monoisotopic (exact) mass is 367 g/mol. The van der Waals surface area contributed by atoms with Crippen LogP contribution in [0, 0.1) is 11.8 Å². The number of rotatable bonds is 6. The van der Waals surface area contributed by atoms with Crippen LogP contribution in [0.5, 0.6) is 0 Å². The van der Waals surface area contributed by atoms with Gasteiger partial charge in [-0.05, 0) is 31.7 Å². The van der Waals surface area contributed by atoms with Crippen LogP contribution in [0.1, 0.15) is 67.6 Å². The Hall–Kier alpha value is -1.89. The Morgan fingerprint density at radius 2 is 1.92 bits per heavy atom. The molecule has 1 aliphatic rings. The van der Waals surface area contributed by atoms with E-state index in [1.165, 1.54) is 11.3 Å². The number of carbonyl (C=O) groups is 3. The summed E-state index contributed by atoms with van der Waals surface area (Å²) in [5.41, 5.74) is 0.339. The highest BCUT2D eigenvalue weighted by molar-refractivity contribution is 7.16. The van der Waals surface area contributed by atoms with Gasteiger partial charge in [-0.25, -0.2) is 4.79 Å². The molecular weight excluding hydrogens is 342 g/mol. The van der Waals surface area contributed by atoms with Crippen LogP contribution in [0.4, 0.5) is 5.00 Å². The summed E-state index contributed by atoms with van der Waals surface area (Å²) in [6.45, 7) is 6.00. The van der Waals surface area contributed by atoms with E-state index in [4.69, 9.17) is 4.74 Å². The molecule has 7 heteroatoms. The summed E-state index contributed by atoms with van der Waals surface area (Å²) in [7, 11) is 0. The lowest BCUT2D eigenvalue weighted by atomic mass is 9.79. The molecular formula is C18H25NO5S. The molecule has 0 radical (unpaired) electrons. The fourth-order valence-corrected chi connectivity index (χ4v) is 4.14. The Balaban J connectivity index is 2.24. The number of hydrogen-bond acceptors (Lipinski definition) is 5. The van der Waals surface area contributed by atoms with Crippen molar-refractivity contribution in [1.82, 2.24) is 0 Å². The smallest absolute Gasteiger partial charge is 0.341 e. The van der Waals surface area contributed by atoms with Crippen LogP contribution in [-0.2, 0) is 14.3 Å². The lowest BCUT2D eigenvalue weighted by Gasteiger charge is -2.27. The molecule has 1 heterocycles. The molecule has 0 spiro atoms. The summed E-state index contributed by atoms with van der Waals surface area (Å²) < 4.78 is 5.07. The van der Waals surface area contributed by atoms with Gasteiger partial charge < -0.3 is 15.2 Å². The van der Waals surface area contributed by atoms with Gasteiger partial charge in [0.2, 0.25) is 5.91 Å². The predicted molar refractivity (Wildman–Crippen MR) is 96.1 cm³/mol. The number of anilines is 1. The first kappa shape index (κ1) is 19.4. The Kier molecular flexibility index (Phi) is 6.58. The van der Waals surface area contributed by atoms with Gasteiger partial charge in [0.05, 0.1) is 24.0 Å². The Labute approximate surface area is 151 Å². The molecule has 0 saturated heterocycles. The second kappa shape index (κ2) is 8.47. The Morgan fingerprint density at radius 3 is 2.48 bits per heavy atom. The van der Waals surface area contributed by atoms with E-state index in [-0.39, 0.29) is 18.4 Å². The van der Waals surface area contributed by atoms with Gasteiger partial charge in [-0.3, -0.25) is 9.59 Å². The molecule has 2 unspecified atom stereocenters. The zero-order valence-electron chi connectivity index (χ0n) is 14.8. The van der Waals surface area contributed by atoms with Crippen LogP contribution in [-0.4, -0.2) is 29.6 Å². The summed E-state index contributed by atoms with van der Waals surface area (Å²) in [5, 5.41) is 12.6. The molecule has 25 heavy (non-hydrogen) atoms. The van der Waals surface area contributed by atoms with E-state index >= 15 is 0 Å². The first-order valence-electron chi connectivity index (χ1n) is 8.69. The standard InChI is InChI=1S/C18H25NO5S/c1-4-24-18(23)13-9-14(10(2)3)25-16(13)19-15(20)11-7-5-6-8-12(11)17(21)22/h9-12H,4-8H2,1-3H3,(H,19,20)(H,21,22). The second-order valence-electron chi connectivity index (χ2n) is 6.59. The Bertz CT molecular complexity index is 652. The van der Waals surface area contributed by atoms with Crippen LogP contribution in [0.3, 0.4) is 0 Å². The molecule has 1 aliphatic carbocycles. The molecule has 6 nitrogen and oxygen atoms in total. The largest absolute Gasteiger partial charge is 0.481 e. The molecule has 1 aromatic heterocycles. The number of carbonyl (C=O) groups excluding carboxylic acids is 2. The van der Waals surface area contributed by atoms with Gasteiger partial charge in [-0.1, -0.05) is 26.7 Å². The van der Waals surface area contributed by atoms with E-state index in [0.29, 0.717) is 23.4 Å². The zero-order chi connectivity index (χ0) is 18.6. The number of hydrogen-bond donors (Lipinski definition) is 2. The maximum Gasteiger partial charge on any atom is 0.341 e. The van der Waals surface area contributed by atoms with Crippen molar-refractivity contribution in [2.75, 3.05) is 11.9 Å². The van der Waals surface area contributed by atoms with Crippen molar-refractivity contribution >= 4 is 34.2 Å². The number of carboxylic acids is 1. The van der Waals surface area contributed by atoms with Crippen LogP contribution in [0.15, 0.2) is 6.07 Å². The number of aliphatic carboxylic acids is 1. The van der Waals surface area contributed by atoms with Crippen molar-refractivity contribution in [3.63, 3.8) is 0 Å². The van der Waals surface area contributed by atoms with Gasteiger partial charge in [-0.2, -0.15) is 0 Å². The molecule has 0 aliphatic heterocycles. The second-order valence-corrected chi connectivity index (χ2v) is 7.68. The average molecular weight is 367 g/mol. The summed E-state index contributed by atoms with van der Waals surface area (Å²) in [4.78, 5) is 37.2. The topological polar surface area (TPSA) is 92.7 Å². The maximum atomic E-state index is 12.7. The van der Waals surface area contributed by atoms with E-state index in [1.807, 2.05) is 13.8 Å². The number of nitrogens with one attached hydrogen (secondary N) is 1. The van der Waals surface area contributed by atoms with Crippen LogP contribution >= 0.6 is 11.3 Å². The third-order valence-corrected chi connectivity index (χ3v) is 5.82. The minimum atomic E-state index is -0.931. The van der Waals surface area contributed by atoms with Gasteiger partial charge in [-0.15, -0.1) is 11.3 Å². The van der Waals surface area contributed by atoms with Crippen LogP contribution < -0.4 is 5.32 Å². The van der Waals surface area contributed by atoms with E-state index in [2.05, 4.69) is 5.32 Å². The first-order chi connectivity index (χ1) is 11.8. The van der Waals surface area contributed by atoms with Gasteiger partial charge in [0.25, 0.3) is 0 Å². The molecule has 138 valence electrons. The number of amides is 1. The van der Waals surface area contributed by atoms with Crippen molar-refractivity contribution < 1.29 is 24.2 Å². The predicted octanol–water partition coefficient (Wildman–Crippen LogP) is 3.88. The molecule has 1 saturated carbocycles. The zero-order valence-corrected chi connectivity index (χ0v) is 15.6. The highest BCUT2D eigenvalue weighted by atomic mass is 32.1. The van der Waals surface area contributed by atoms with Crippen molar-refractivity contribution in [2.45, 2.75) is 52.4 Å². The molecule has 0 aromatic carbocycles. The van der Waals surface area contributed by atoms with Crippen molar-refractivity contribution in [3.8, 4) is 0 Å². The van der Waals surface area contributed by atoms with Gasteiger partial charge in [0.1, 0.15) is 5.00 Å². The first-order valence-corrected chi connectivity index (χ1v) is 9.51. The Morgan fingerprint density at radius 1 is 1.28 bits per heavy atom. The highest BCUT2D eigenvalue weighted by Gasteiger charge is 2.36. The van der Waals surface area contributed by atoms with Gasteiger partial charge >= 0.3 is 11.9 Å². The lowest BCUT2D eigenvalue weighted by Crippen LogP contribution is -2.36. The average Bonchev–Trinajstić information content (AvgIpc) is 2.99. The number of esters is 1. The molecule has 2 atom stereocenters. The fourth-order valence-electron chi connectivity index (χ4n) is 3.09. The minimum absolute atomic E-state index is 0.213. The molecule has 1 fully saturated rings. The van der Waals surface area contributed by atoms with Crippen LogP contribution in [0.25, 0.3) is 0 Å². The maximum absolute atomic E-state index is 12.7. The third kappa shape index (κ3) is 4.60. The minimum Gasteiger partial charge on any atom is -0.481 e. The van der Waals surface area contributed by atoms with E-state index in [1.54, 1.807) is 13.0 Å². The van der Waals surface area contributed by atoms with E-state index < -0.39 is 23.8 Å². The quantitative estimate of drug-likeness (QED) is 0.744. The normalized spacial score (nSPS) is 20.3. The number of carboxylic acid groups (broad SMARTS) is 1. The van der Waals surface area contributed by atoms with Crippen LogP contribution in [0.2, 0.25) is 0 Å². The van der Waals surface area contributed by atoms with Gasteiger partial charge in [0, 0.05) is 4.88 Å². The summed E-state index contributed by atoms with van der Waals surface area (Å²) in [6.07, 6.45) is 2.74. The van der Waals surface area contributed by atoms with Crippen molar-refractivity contribution in [1.29, 1.82) is 0 Å². The SMILES string of the molecule is CCOC(=O)c1cc(C(C)C)sc1NC(=O)C1CCCCC1C(=O)O. The summed E-state index contributed by atoms with van der Waals surface area (Å²) >= 11 is 1.34. The molecule has 0 bridgehead atoms. The number of thiophene rings is 1. The van der Waals surface area contributed by atoms with Crippen molar-refractivity contribution in [3.05, 3.63) is 16.5 Å². The number of ether oxygens (including phenoxy) is 1.